The number of benzene rings is 1. The Balaban J connectivity index is 2.57. The molecule has 0 radical (unpaired) electrons. The van der Waals surface area contributed by atoms with Crippen molar-refractivity contribution in [1.29, 1.82) is 0 Å². The maximum absolute atomic E-state index is 13.5. The Labute approximate surface area is 341 Å². The van der Waals surface area contributed by atoms with Gasteiger partial charge in [0.15, 0.2) is 0 Å². The summed E-state index contributed by atoms with van der Waals surface area (Å²) in [5, 5.41) is 13.4. The van der Waals surface area contributed by atoms with Gasteiger partial charge in [-0.3, -0.25) is 14.4 Å². The number of nitrogens with two attached hydrogens (primary N) is 1. The van der Waals surface area contributed by atoms with Crippen molar-refractivity contribution in [2.24, 2.45) is 17.6 Å². The van der Waals surface area contributed by atoms with Gasteiger partial charge in [0.1, 0.15) is 18.8 Å². The van der Waals surface area contributed by atoms with Gasteiger partial charge >= 0.3 is 11.9 Å². The number of primary amides is 1. The molecule has 0 aliphatic carbocycles. The molecule has 9 nitrogen and oxygen atoms in total. The average molecular weight is 787 g/mol. The Bertz CT molecular complexity index is 1140. The molecule has 1 aromatic carbocycles. The van der Waals surface area contributed by atoms with E-state index in [0.29, 0.717) is 12.8 Å². The number of esters is 2. The monoisotopic (exact) mass is 787 g/mol. The molecule has 0 saturated carbocycles. The molecular formula is C47H82N2O7. The van der Waals surface area contributed by atoms with E-state index >= 15 is 0 Å². The van der Waals surface area contributed by atoms with Gasteiger partial charge in [0.2, 0.25) is 11.8 Å². The van der Waals surface area contributed by atoms with Crippen molar-refractivity contribution >= 4 is 23.8 Å². The predicted octanol–water partition coefficient (Wildman–Crippen LogP) is 10.8. The van der Waals surface area contributed by atoms with E-state index in [1.165, 1.54) is 83.5 Å². The lowest BCUT2D eigenvalue weighted by molar-refractivity contribution is -0.155. The van der Waals surface area contributed by atoms with Crippen LogP contribution in [0.3, 0.4) is 0 Å². The first-order chi connectivity index (χ1) is 27.0. The lowest BCUT2D eigenvalue weighted by Gasteiger charge is -2.23. The Morgan fingerprint density at radius 3 is 1.55 bits per heavy atom. The van der Waals surface area contributed by atoms with Crippen molar-refractivity contribution in [3.63, 3.8) is 0 Å². The van der Waals surface area contributed by atoms with Gasteiger partial charge in [-0.05, 0) is 49.5 Å². The van der Waals surface area contributed by atoms with Gasteiger partial charge in [-0.15, -0.1) is 0 Å². The van der Waals surface area contributed by atoms with Crippen molar-refractivity contribution in [3.8, 4) is 0 Å². The Hall–Kier alpha value is -2.94. The maximum atomic E-state index is 13.5. The largest absolute Gasteiger partial charge is 0.461 e. The third kappa shape index (κ3) is 31.2. The minimum atomic E-state index is -1.03. The van der Waals surface area contributed by atoms with Gasteiger partial charge in [0, 0.05) is 6.42 Å². The molecule has 0 aliphatic heterocycles. The van der Waals surface area contributed by atoms with Gasteiger partial charge in [0.25, 0.3) is 0 Å². The molecule has 2 amide bonds. The van der Waals surface area contributed by atoms with Crippen LogP contribution < -0.4 is 11.1 Å². The number of aliphatic hydroxyl groups excluding tert-OH is 1. The van der Waals surface area contributed by atoms with E-state index in [4.69, 9.17) is 15.2 Å². The van der Waals surface area contributed by atoms with Crippen molar-refractivity contribution < 1.29 is 33.8 Å². The normalized spacial score (nSPS) is 13.1. The smallest absolute Gasteiger partial charge is 0.328 e. The van der Waals surface area contributed by atoms with Crippen LogP contribution in [0, 0.1) is 11.8 Å². The molecule has 0 aromatic heterocycles. The van der Waals surface area contributed by atoms with Crippen molar-refractivity contribution in [1.82, 2.24) is 5.32 Å². The van der Waals surface area contributed by atoms with Crippen molar-refractivity contribution in [2.45, 2.75) is 226 Å². The van der Waals surface area contributed by atoms with Crippen LogP contribution >= 0.6 is 0 Å². The van der Waals surface area contributed by atoms with Crippen LogP contribution in [-0.2, 0) is 35.3 Å². The summed E-state index contributed by atoms with van der Waals surface area (Å²) in [6.45, 7) is 9.26. The average Bonchev–Trinajstić information content (AvgIpc) is 3.14. The summed E-state index contributed by atoms with van der Waals surface area (Å²) >= 11 is 0. The molecule has 0 spiro atoms. The third-order valence-corrected chi connectivity index (χ3v) is 10.5. The minimum Gasteiger partial charge on any atom is -0.461 e. The van der Waals surface area contributed by atoms with E-state index in [2.05, 4.69) is 33.0 Å². The fourth-order valence-electron chi connectivity index (χ4n) is 7.08. The summed E-state index contributed by atoms with van der Waals surface area (Å²) in [5.74, 6) is -0.503. The highest BCUT2D eigenvalue weighted by molar-refractivity contribution is 5.85. The van der Waals surface area contributed by atoms with Gasteiger partial charge < -0.3 is 25.6 Å². The van der Waals surface area contributed by atoms with E-state index in [0.717, 1.165) is 62.3 Å². The number of aliphatic hydroxyl groups is 1. The van der Waals surface area contributed by atoms with Crippen LogP contribution in [-0.4, -0.2) is 47.1 Å². The SMILES string of the molecule is CC(C)CCCCCCCCCCC[C@H](O)CC(=O)N[C@@H](CCCC(=O)OCc1ccccc1)C(=O)O[C@@H](CCCCCCCCCCCC(C)C)CC(N)=O. The topological polar surface area (TPSA) is 145 Å². The van der Waals surface area contributed by atoms with Crippen LogP contribution in [0.25, 0.3) is 0 Å². The maximum Gasteiger partial charge on any atom is 0.328 e. The quantitative estimate of drug-likeness (QED) is 0.0450. The summed E-state index contributed by atoms with van der Waals surface area (Å²) in [6.07, 6.45) is 23.5. The third-order valence-electron chi connectivity index (χ3n) is 10.5. The van der Waals surface area contributed by atoms with Crippen LogP contribution in [0.5, 0.6) is 0 Å². The van der Waals surface area contributed by atoms with Gasteiger partial charge in [0.05, 0.1) is 18.9 Å². The molecule has 4 N–H and O–H groups in total. The summed E-state index contributed by atoms with van der Waals surface area (Å²) in [5.41, 5.74) is 6.40. The molecule has 322 valence electrons. The molecule has 1 aromatic rings. The van der Waals surface area contributed by atoms with Crippen LogP contribution in [0.4, 0.5) is 0 Å². The first kappa shape index (κ1) is 51.1. The Morgan fingerprint density at radius 1 is 0.607 bits per heavy atom. The van der Waals surface area contributed by atoms with Crippen LogP contribution in [0.2, 0.25) is 0 Å². The molecule has 0 heterocycles. The Kier molecular flexibility index (Phi) is 31.1. The molecule has 0 saturated heterocycles. The van der Waals surface area contributed by atoms with Gasteiger partial charge in [-0.25, -0.2) is 4.79 Å². The lowest BCUT2D eigenvalue weighted by atomic mass is 10.0. The predicted molar refractivity (Wildman–Crippen MR) is 228 cm³/mol. The molecule has 9 heteroatoms. The second-order valence-corrected chi connectivity index (χ2v) is 17.1. The zero-order valence-corrected chi connectivity index (χ0v) is 36.0. The lowest BCUT2D eigenvalue weighted by Crippen LogP contribution is -2.44. The van der Waals surface area contributed by atoms with Gasteiger partial charge in [-0.1, -0.05) is 180 Å². The second kappa shape index (κ2) is 34.1. The van der Waals surface area contributed by atoms with Crippen molar-refractivity contribution in [2.75, 3.05) is 0 Å². The number of carbonyl (C=O) groups is 4. The van der Waals surface area contributed by atoms with Gasteiger partial charge in [-0.2, -0.15) is 0 Å². The number of unbranched alkanes of at least 4 members (excludes halogenated alkanes) is 16. The molecule has 0 unspecified atom stereocenters. The molecule has 0 bridgehead atoms. The van der Waals surface area contributed by atoms with E-state index < -0.39 is 42.0 Å². The standard InChI is InChI=1S/C47H82N2O7/c1-38(2)27-20-15-11-7-5-9-13-17-24-31-41(50)35-45(52)49-43(33-26-34-46(53)55-37-40-29-22-19-23-30-40)47(54)56-42(36-44(48)51)32-25-18-14-10-6-8-12-16-21-28-39(3)4/h19,22-23,29-30,38-39,41-43,50H,5-18,20-21,24-28,31-37H2,1-4H3,(H2,48,51)(H,49,52)/t41-,42-,43-/m0/s1. The van der Waals surface area contributed by atoms with Crippen molar-refractivity contribution in [3.05, 3.63) is 35.9 Å². The molecule has 3 atom stereocenters. The highest BCUT2D eigenvalue weighted by atomic mass is 16.5. The van der Waals surface area contributed by atoms with E-state index in [-0.39, 0.29) is 38.7 Å². The number of carbonyl (C=O) groups excluding carboxylic acids is 4. The van der Waals surface area contributed by atoms with E-state index in [9.17, 15) is 24.3 Å². The Morgan fingerprint density at radius 2 is 1.07 bits per heavy atom. The highest BCUT2D eigenvalue weighted by Gasteiger charge is 2.27. The number of hydrogen-bond donors (Lipinski definition) is 3. The zero-order chi connectivity index (χ0) is 41.2. The summed E-state index contributed by atoms with van der Waals surface area (Å²) < 4.78 is 11.2. The molecule has 1 rings (SSSR count). The number of amides is 2. The fraction of sp³-hybridized carbons (Fsp3) is 0.787. The summed E-state index contributed by atoms with van der Waals surface area (Å²) in [4.78, 5) is 50.9. The number of rotatable bonds is 37. The molecule has 56 heavy (non-hydrogen) atoms. The second-order valence-electron chi connectivity index (χ2n) is 17.1. The summed E-state index contributed by atoms with van der Waals surface area (Å²) in [7, 11) is 0. The first-order valence-electron chi connectivity index (χ1n) is 22.6. The van der Waals surface area contributed by atoms with E-state index in [1.54, 1.807) is 0 Å². The highest BCUT2D eigenvalue weighted by Crippen LogP contribution is 2.18. The fourth-order valence-corrected chi connectivity index (χ4v) is 7.08. The minimum absolute atomic E-state index is 0.0654. The zero-order valence-electron chi connectivity index (χ0n) is 36.0. The first-order valence-corrected chi connectivity index (χ1v) is 22.6. The number of nitrogens with one attached hydrogen (secondary N) is 1. The molecular weight excluding hydrogens is 705 g/mol. The number of ether oxygens (including phenoxy) is 2. The summed E-state index contributed by atoms with van der Waals surface area (Å²) in [6, 6.07) is 8.36. The van der Waals surface area contributed by atoms with Crippen LogP contribution in [0.1, 0.15) is 207 Å². The molecule has 0 aliphatic rings. The van der Waals surface area contributed by atoms with E-state index in [1.807, 2.05) is 30.3 Å². The number of hydrogen-bond acceptors (Lipinski definition) is 7. The molecule has 0 fully saturated rings. The van der Waals surface area contributed by atoms with Crippen LogP contribution in [0.15, 0.2) is 30.3 Å².